The van der Waals surface area contributed by atoms with Crippen LogP contribution in [0.1, 0.15) is 5.56 Å². The molecule has 0 fully saturated rings. The van der Waals surface area contributed by atoms with E-state index >= 15 is 0 Å². The highest BCUT2D eigenvalue weighted by Crippen LogP contribution is 2.26. The van der Waals surface area contributed by atoms with Gasteiger partial charge in [0.2, 0.25) is 5.91 Å². The van der Waals surface area contributed by atoms with Crippen molar-refractivity contribution in [3.05, 3.63) is 46.4 Å². The second-order valence-corrected chi connectivity index (χ2v) is 7.23. The molecule has 0 radical (unpaired) electrons. The highest BCUT2D eigenvalue weighted by molar-refractivity contribution is 7.99. The van der Waals surface area contributed by atoms with E-state index in [4.69, 9.17) is 0 Å². The summed E-state index contributed by atoms with van der Waals surface area (Å²) >= 11 is 3.11. The fourth-order valence-corrected chi connectivity index (χ4v) is 3.83. The summed E-state index contributed by atoms with van der Waals surface area (Å²) in [7, 11) is 0. The zero-order valence-corrected chi connectivity index (χ0v) is 14.5. The number of fused-ring (bicyclic) bond motifs is 1. The zero-order chi connectivity index (χ0) is 16.4. The second-order valence-electron chi connectivity index (χ2n) is 5.37. The highest BCUT2D eigenvalue weighted by atomic mass is 32.2. The number of carbonyl (C=O) groups excluding carboxylic acids is 1. The minimum atomic E-state index is -0.242. The molecule has 1 N–H and O–H groups in total. The van der Waals surface area contributed by atoms with Crippen molar-refractivity contribution in [2.45, 2.75) is 23.5 Å². The number of nitrogens with one attached hydrogen (secondary N) is 1. The number of anilines is 1. The number of nitrogens with zero attached hydrogens (tertiary/aromatic N) is 2. The van der Waals surface area contributed by atoms with Crippen LogP contribution in [0.2, 0.25) is 0 Å². The van der Waals surface area contributed by atoms with Crippen molar-refractivity contribution in [2.24, 2.45) is 5.92 Å². The van der Waals surface area contributed by atoms with Crippen LogP contribution in [0.5, 0.6) is 0 Å². The molecule has 2 aromatic rings. The quantitative estimate of drug-likeness (QED) is 0.683. The molecule has 1 atom stereocenters. The number of thioether (sulfide) groups is 2. The number of aryl methyl sites for hydroxylation is 1. The van der Waals surface area contributed by atoms with E-state index in [2.05, 4.69) is 10.3 Å². The van der Waals surface area contributed by atoms with Gasteiger partial charge in [-0.25, -0.2) is 4.98 Å². The summed E-state index contributed by atoms with van der Waals surface area (Å²) in [4.78, 5) is 30.1. The van der Waals surface area contributed by atoms with E-state index in [1.54, 1.807) is 29.4 Å². The van der Waals surface area contributed by atoms with Crippen molar-refractivity contribution in [3.63, 3.8) is 0 Å². The average molecular weight is 347 g/mol. The van der Waals surface area contributed by atoms with Crippen LogP contribution in [0.25, 0.3) is 0 Å². The van der Waals surface area contributed by atoms with Crippen molar-refractivity contribution < 1.29 is 4.79 Å². The zero-order valence-electron chi connectivity index (χ0n) is 12.9. The lowest BCUT2D eigenvalue weighted by Crippen LogP contribution is -2.37. The van der Waals surface area contributed by atoms with E-state index in [0.29, 0.717) is 23.0 Å². The predicted octanol–water partition coefficient (Wildman–Crippen LogP) is 2.63. The van der Waals surface area contributed by atoms with Crippen LogP contribution in [0.3, 0.4) is 0 Å². The van der Waals surface area contributed by atoms with Crippen LogP contribution < -0.4 is 10.9 Å². The molecule has 0 spiro atoms. The van der Waals surface area contributed by atoms with Crippen LogP contribution in [0, 0.1) is 12.8 Å². The third-order valence-electron chi connectivity index (χ3n) is 3.73. The molecule has 0 saturated carbocycles. The van der Waals surface area contributed by atoms with E-state index in [0.717, 1.165) is 10.6 Å². The SMILES string of the molecule is CSc1ccc(NC(=O)C2CSc3ncc(C)c(=O)n3C2)cc1. The van der Waals surface area contributed by atoms with E-state index in [9.17, 15) is 9.59 Å². The van der Waals surface area contributed by atoms with Gasteiger partial charge in [-0.05, 0) is 37.4 Å². The Morgan fingerprint density at radius 2 is 2.13 bits per heavy atom. The van der Waals surface area contributed by atoms with Gasteiger partial charge in [0.1, 0.15) is 0 Å². The van der Waals surface area contributed by atoms with Gasteiger partial charge in [0, 0.05) is 34.6 Å². The summed E-state index contributed by atoms with van der Waals surface area (Å²) in [6.07, 6.45) is 3.60. The first-order valence-electron chi connectivity index (χ1n) is 7.22. The Kier molecular flexibility index (Phi) is 4.77. The fraction of sp³-hybridized carbons (Fsp3) is 0.312. The van der Waals surface area contributed by atoms with Gasteiger partial charge in [0.15, 0.2) is 5.16 Å². The third kappa shape index (κ3) is 3.45. The summed E-state index contributed by atoms with van der Waals surface area (Å²) in [5, 5.41) is 3.62. The van der Waals surface area contributed by atoms with Crippen LogP contribution in [0.4, 0.5) is 5.69 Å². The first-order chi connectivity index (χ1) is 11.1. The maximum absolute atomic E-state index is 12.5. The van der Waals surface area contributed by atoms with E-state index in [1.165, 1.54) is 11.8 Å². The molecule has 1 aromatic carbocycles. The lowest BCUT2D eigenvalue weighted by Gasteiger charge is -2.24. The Balaban J connectivity index is 1.73. The van der Waals surface area contributed by atoms with Crippen molar-refractivity contribution in [1.82, 2.24) is 9.55 Å². The maximum atomic E-state index is 12.5. The van der Waals surface area contributed by atoms with Gasteiger partial charge in [0.05, 0.1) is 5.92 Å². The minimum Gasteiger partial charge on any atom is -0.326 e. The normalized spacial score (nSPS) is 16.7. The molecular weight excluding hydrogens is 330 g/mol. The first-order valence-corrected chi connectivity index (χ1v) is 9.43. The molecule has 0 aliphatic carbocycles. The van der Waals surface area contributed by atoms with Crippen molar-refractivity contribution in [3.8, 4) is 0 Å². The van der Waals surface area contributed by atoms with Crippen LogP contribution in [0.15, 0.2) is 45.3 Å². The summed E-state index contributed by atoms with van der Waals surface area (Å²) in [5.74, 6) is 0.326. The van der Waals surface area contributed by atoms with E-state index in [-0.39, 0.29) is 17.4 Å². The second kappa shape index (κ2) is 6.80. The lowest BCUT2D eigenvalue weighted by atomic mass is 10.1. The molecule has 1 aliphatic rings. The molecule has 2 heterocycles. The van der Waals surface area contributed by atoms with Crippen LogP contribution in [-0.4, -0.2) is 27.5 Å². The Hall–Kier alpha value is -1.73. The Bertz CT molecular complexity index is 787. The van der Waals surface area contributed by atoms with Gasteiger partial charge in [-0.1, -0.05) is 11.8 Å². The van der Waals surface area contributed by atoms with Gasteiger partial charge in [-0.3, -0.25) is 14.2 Å². The van der Waals surface area contributed by atoms with Gasteiger partial charge in [0.25, 0.3) is 5.56 Å². The molecule has 5 nitrogen and oxygen atoms in total. The molecule has 1 aromatic heterocycles. The molecule has 1 unspecified atom stereocenters. The molecule has 120 valence electrons. The molecule has 0 saturated heterocycles. The summed E-state index contributed by atoms with van der Waals surface area (Å²) < 4.78 is 1.60. The van der Waals surface area contributed by atoms with Crippen LogP contribution in [-0.2, 0) is 11.3 Å². The number of hydrogen-bond donors (Lipinski definition) is 1. The summed E-state index contributed by atoms with van der Waals surface area (Å²) in [6, 6.07) is 7.74. The summed E-state index contributed by atoms with van der Waals surface area (Å²) in [5.41, 5.74) is 1.31. The molecule has 1 aliphatic heterocycles. The lowest BCUT2D eigenvalue weighted by molar-refractivity contribution is -0.119. The smallest absolute Gasteiger partial charge is 0.257 e. The van der Waals surface area contributed by atoms with E-state index < -0.39 is 0 Å². The van der Waals surface area contributed by atoms with Gasteiger partial charge in [-0.2, -0.15) is 0 Å². The number of aromatic nitrogens is 2. The Morgan fingerprint density at radius 3 is 2.83 bits per heavy atom. The Labute approximate surface area is 142 Å². The molecule has 7 heteroatoms. The standard InChI is InChI=1S/C16H17N3O2S2/c1-10-7-17-16-19(15(10)21)8-11(9-23-16)14(20)18-12-3-5-13(22-2)6-4-12/h3-7,11H,8-9H2,1-2H3,(H,18,20). The summed E-state index contributed by atoms with van der Waals surface area (Å²) in [6.45, 7) is 2.12. The monoisotopic (exact) mass is 347 g/mol. The van der Waals surface area contributed by atoms with Crippen molar-refractivity contribution in [1.29, 1.82) is 0 Å². The maximum Gasteiger partial charge on any atom is 0.257 e. The average Bonchev–Trinajstić information content (AvgIpc) is 2.58. The molecular formula is C16H17N3O2S2. The van der Waals surface area contributed by atoms with E-state index in [1.807, 2.05) is 30.5 Å². The largest absolute Gasteiger partial charge is 0.326 e. The third-order valence-corrected chi connectivity index (χ3v) is 5.62. The molecule has 1 amide bonds. The number of amides is 1. The Morgan fingerprint density at radius 1 is 1.39 bits per heavy atom. The number of benzene rings is 1. The van der Waals surface area contributed by atoms with Gasteiger partial charge < -0.3 is 5.32 Å². The number of rotatable bonds is 3. The topological polar surface area (TPSA) is 64.0 Å². The van der Waals surface area contributed by atoms with Gasteiger partial charge >= 0.3 is 0 Å². The fourth-order valence-electron chi connectivity index (χ4n) is 2.38. The number of hydrogen-bond acceptors (Lipinski definition) is 5. The minimum absolute atomic E-state index is 0.0616. The first kappa shape index (κ1) is 16.1. The van der Waals surface area contributed by atoms with Crippen molar-refractivity contribution >= 4 is 35.1 Å². The van der Waals surface area contributed by atoms with Gasteiger partial charge in [-0.15, -0.1) is 11.8 Å². The van der Waals surface area contributed by atoms with Crippen LogP contribution >= 0.6 is 23.5 Å². The molecule has 23 heavy (non-hydrogen) atoms. The molecule has 3 rings (SSSR count). The predicted molar refractivity (Wildman–Crippen MR) is 94.3 cm³/mol. The molecule has 0 bridgehead atoms. The highest BCUT2D eigenvalue weighted by Gasteiger charge is 2.27. The number of carbonyl (C=O) groups is 1. The van der Waals surface area contributed by atoms with Crippen molar-refractivity contribution in [2.75, 3.05) is 17.3 Å².